The number of likely N-dealkylation sites (N-methyl/N-ethyl adjacent to an activating group) is 2. The molecule has 198 valence electrons. The molecule has 0 radical (unpaired) electrons. The summed E-state index contributed by atoms with van der Waals surface area (Å²) in [5.41, 5.74) is 0.772. The van der Waals surface area contributed by atoms with Gasteiger partial charge in [-0.05, 0) is 88.2 Å². The molecule has 1 saturated heterocycles. The van der Waals surface area contributed by atoms with E-state index < -0.39 is 12.9 Å². The van der Waals surface area contributed by atoms with Gasteiger partial charge in [-0.2, -0.15) is 0 Å². The summed E-state index contributed by atoms with van der Waals surface area (Å²) in [5, 5.41) is 0. The van der Waals surface area contributed by atoms with Crippen molar-refractivity contribution in [2.45, 2.75) is 76.8 Å². The van der Waals surface area contributed by atoms with Gasteiger partial charge in [-0.1, -0.05) is 47.8 Å². The highest BCUT2D eigenvalue weighted by molar-refractivity contribution is 9.10. The minimum atomic E-state index is -2.79. The Morgan fingerprint density at radius 2 is 1.89 bits per heavy atom. The maximum atomic E-state index is 14.4. The lowest BCUT2D eigenvalue weighted by atomic mass is 9.69. The summed E-state index contributed by atoms with van der Waals surface area (Å²) in [6.45, 7) is 6.07. The molecule has 5 atom stereocenters. The molecule has 1 aromatic rings. The standard InChI is InChI=1S/C29H42BrN2O3P/c1-6-18-29(2)24(14-16-28(29)33)21(11-12-22-20-23(35-5)13-15-25(22)30)17-19-36(34)31(3)26-9-7-8-10-27(26)32(36)4/h6,13,15,17,19-21,24,26-27H,1,7-12,14,16,18H2,2-5H3/b19-17+/t21-,24+,26-,27-,29+/m1/s1. The van der Waals surface area contributed by atoms with E-state index in [4.69, 9.17) is 4.74 Å². The third-order valence-electron chi connectivity index (χ3n) is 9.31. The van der Waals surface area contributed by atoms with Gasteiger partial charge in [0.2, 0.25) is 7.44 Å². The lowest BCUT2D eigenvalue weighted by Gasteiger charge is -2.34. The molecule has 1 aromatic carbocycles. The monoisotopic (exact) mass is 576 g/mol. The highest BCUT2D eigenvalue weighted by Gasteiger charge is 2.51. The van der Waals surface area contributed by atoms with Crippen LogP contribution in [0.15, 0.2) is 47.2 Å². The number of hydrogen-bond donors (Lipinski definition) is 0. The number of fused-ring (bicyclic) bond motifs is 1. The largest absolute Gasteiger partial charge is 0.497 e. The Hall–Kier alpha value is -1.20. The number of methoxy groups -OCH3 is 1. The molecule has 0 unspecified atom stereocenters. The van der Waals surface area contributed by atoms with Crippen molar-refractivity contribution < 1.29 is 14.1 Å². The fourth-order valence-corrected chi connectivity index (χ4v) is 10.2. The Balaban J connectivity index is 1.64. The van der Waals surface area contributed by atoms with E-state index in [0.717, 1.165) is 42.3 Å². The van der Waals surface area contributed by atoms with Crippen molar-refractivity contribution in [3.8, 4) is 5.75 Å². The lowest BCUT2D eigenvalue weighted by molar-refractivity contribution is -0.126. The number of carbonyl (C=O) groups is 1. The number of aryl methyl sites for hydroxylation is 1. The van der Waals surface area contributed by atoms with Crippen LogP contribution < -0.4 is 4.74 Å². The Labute approximate surface area is 225 Å². The minimum absolute atomic E-state index is 0.148. The quantitative estimate of drug-likeness (QED) is 0.225. The molecule has 0 bridgehead atoms. The molecule has 36 heavy (non-hydrogen) atoms. The van der Waals surface area contributed by atoms with Gasteiger partial charge in [0.15, 0.2) is 0 Å². The van der Waals surface area contributed by atoms with Crippen molar-refractivity contribution in [1.82, 2.24) is 9.34 Å². The van der Waals surface area contributed by atoms with Gasteiger partial charge in [0.05, 0.1) is 7.11 Å². The van der Waals surface area contributed by atoms with E-state index in [0.29, 0.717) is 30.7 Å². The van der Waals surface area contributed by atoms with Crippen LogP contribution in [0.5, 0.6) is 5.75 Å². The number of ketones is 1. The summed E-state index contributed by atoms with van der Waals surface area (Å²) in [7, 11) is 2.98. The smallest absolute Gasteiger partial charge is 0.238 e. The van der Waals surface area contributed by atoms with Crippen molar-refractivity contribution >= 4 is 29.2 Å². The van der Waals surface area contributed by atoms with Crippen LogP contribution >= 0.6 is 23.4 Å². The van der Waals surface area contributed by atoms with Gasteiger partial charge in [-0.15, -0.1) is 6.58 Å². The summed E-state index contributed by atoms with van der Waals surface area (Å²) in [6, 6.07) is 6.80. The predicted octanol–water partition coefficient (Wildman–Crippen LogP) is 7.46. The Morgan fingerprint density at radius 3 is 2.50 bits per heavy atom. The van der Waals surface area contributed by atoms with Crippen molar-refractivity contribution in [3.63, 3.8) is 0 Å². The fourth-order valence-electron chi connectivity index (χ4n) is 7.02. The van der Waals surface area contributed by atoms with Crippen LogP contribution in [0.1, 0.15) is 63.9 Å². The summed E-state index contributed by atoms with van der Waals surface area (Å²) < 4.78 is 25.2. The number of nitrogens with zero attached hydrogens (tertiary/aromatic N) is 2. The number of rotatable bonds is 9. The van der Waals surface area contributed by atoms with Crippen LogP contribution in [-0.4, -0.2) is 48.4 Å². The zero-order valence-electron chi connectivity index (χ0n) is 22.3. The number of halogens is 1. The molecule has 2 saturated carbocycles. The molecule has 0 aromatic heterocycles. The summed E-state index contributed by atoms with van der Waals surface area (Å²) in [6.07, 6.45) is 12.7. The second-order valence-corrected chi connectivity index (χ2v) is 14.7. The molecule has 3 fully saturated rings. The molecule has 0 spiro atoms. The van der Waals surface area contributed by atoms with Gasteiger partial charge in [-0.3, -0.25) is 9.36 Å². The first kappa shape index (κ1) is 27.8. The number of hydrogen-bond acceptors (Lipinski definition) is 3. The van der Waals surface area contributed by atoms with Crippen LogP contribution in [0.2, 0.25) is 0 Å². The molecular formula is C29H42BrN2O3P. The number of benzene rings is 1. The van der Waals surface area contributed by atoms with Crippen molar-refractivity contribution in [1.29, 1.82) is 0 Å². The number of Topliss-reactive ketones (excluding diaryl/α,β-unsaturated/α-hetero) is 1. The average molecular weight is 578 g/mol. The molecule has 1 heterocycles. The molecular weight excluding hydrogens is 535 g/mol. The van der Waals surface area contributed by atoms with Gasteiger partial charge in [-0.25, -0.2) is 9.34 Å². The normalized spacial score (nSPS) is 31.6. The van der Waals surface area contributed by atoms with Crippen LogP contribution in [0.4, 0.5) is 0 Å². The van der Waals surface area contributed by atoms with Crippen LogP contribution in [0.25, 0.3) is 0 Å². The third kappa shape index (κ3) is 5.08. The number of allylic oxidation sites excluding steroid dienone is 2. The minimum Gasteiger partial charge on any atom is -0.497 e. The molecule has 4 rings (SSSR count). The SMILES string of the molecule is C=CC[C@]1(C)C(=O)CC[C@H]1[C@@H](/C=C/P1(=O)N(C)[C@@H]2CCCC[C@H]2N1C)CCc1cc(OC)ccc1Br. The molecule has 5 nitrogen and oxygen atoms in total. The average Bonchev–Trinajstić information content (AvgIpc) is 3.26. The molecule has 2 aliphatic carbocycles. The first-order valence-corrected chi connectivity index (χ1v) is 15.9. The van der Waals surface area contributed by atoms with Gasteiger partial charge < -0.3 is 4.74 Å². The molecule has 3 aliphatic rings. The fraction of sp³-hybridized carbons (Fsp3) is 0.621. The van der Waals surface area contributed by atoms with Crippen molar-refractivity contribution in [3.05, 3.63) is 52.8 Å². The van der Waals surface area contributed by atoms with Crippen molar-refractivity contribution in [2.24, 2.45) is 17.3 Å². The zero-order valence-corrected chi connectivity index (χ0v) is 24.8. The summed E-state index contributed by atoms with van der Waals surface area (Å²) in [5.74, 6) is 3.55. The maximum Gasteiger partial charge on any atom is 0.238 e. The first-order chi connectivity index (χ1) is 17.2. The van der Waals surface area contributed by atoms with E-state index in [1.807, 2.05) is 38.1 Å². The van der Waals surface area contributed by atoms with E-state index in [-0.39, 0.29) is 11.8 Å². The van der Waals surface area contributed by atoms with Crippen LogP contribution in [0, 0.1) is 17.3 Å². The third-order valence-corrected chi connectivity index (χ3v) is 13.0. The highest BCUT2D eigenvalue weighted by Crippen LogP contribution is 2.63. The van der Waals surface area contributed by atoms with E-state index in [1.165, 1.54) is 18.4 Å². The Morgan fingerprint density at radius 1 is 1.22 bits per heavy atom. The first-order valence-electron chi connectivity index (χ1n) is 13.4. The second kappa shape index (κ2) is 11.3. The molecule has 0 amide bonds. The van der Waals surface area contributed by atoms with E-state index in [1.54, 1.807) is 7.11 Å². The molecule has 1 aliphatic heterocycles. The summed E-state index contributed by atoms with van der Waals surface area (Å²) >= 11 is 3.70. The van der Waals surface area contributed by atoms with E-state index in [2.05, 4.69) is 50.9 Å². The number of carbonyl (C=O) groups excluding carboxylic acids is 1. The van der Waals surface area contributed by atoms with E-state index >= 15 is 0 Å². The Bertz CT molecular complexity index is 1040. The Kier molecular flexibility index (Phi) is 8.71. The van der Waals surface area contributed by atoms with Crippen LogP contribution in [0.3, 0.4) is 0 Å². The second-order valence-electron chi connectivity index (χ2n) is 11.1. The van der Waals surface area contributed by atoms with E-state index in [9.17, 15) is 9.36 Å². The summed E-state index contributed by atoms with van der Waals surface area (Å²) in [4.78, 5) is 13.0. The van der Waals surface area contributed by atoms with Crippen molar-refractivity contribution in [2.75, 3.05) is 21.2 Å². The van der Waals surface area contributed by atoms with Gasteiger partial charge in [0.25, 0.3) is 0 Å². The number of ether oxygens (including phenoxy) is 1. The topological polar surface area (TPSA) is 49.9 Å². The molecule has 7 heteroatoms. The lowest BCUT2D eigenvalue weighted by Crippen LogP contribution is -2.37. The van der Waals surface area contributed by atoms with Gasteiger partial charge in [0.1, 0.15) is 11.5 Å². The van der Waals surface area contributed by atoms with Gasteiger partial charge in [0, 0.05) is 34.2 Å². The maximum absolute atomic E-state index is 14.4. The molecule has 0 N–H and O–H groups in total. The van der Waals surface area contributed by atoms with Crippen LogP contribution in [-0.2, 0) is 15.8 Å². The zero-order chi connectivity index (χ0) is 26.1. The van der Waals surface area contributed by atoms with Gasteiger partial charge >= 0.3 is 0 Å². The predicted molar refractivity (Wildman–Crippen MR) is 151 cm³/mol. The highest BCUT2D eigenvalue weighted by atomic mass is 79.9.